The van der Waals surface area contributed by atoms with Gasteiger partial charge in [0.15, 0.2) is 5.96 Å². The van der Waals surface area contributed by atoms with Gasteiger partial charge in [-0.1, -0.05) is 11.8 Å². The zero-order chi connectivity index (χ0) is 23.1. The highest BCUT2D eigenvalue weighted by Gasteiger charge is 2.31. The summed E-state index contributed by atoms with van der Waals surface area (Å²) in [6.45, 7) is 7.11. The second-order valence-corrected chi connectivity index (χ2v) is 8.01. The number of nitrogens with zero attached hydrogens (tertiary/aromatic N) is 4. The third-order valence-corrected chi connectivity index (χ3v) is 5.93. The number of halogens is 4. The Kier molecular flexibility index (Phi) is 10.3. The fourth-order valence-electron chi connectivity index (χ4n) is 4.02. The quantitative estimate of drug-likeness (QED) is 0.260. The van der Waals surface area contributed by atoms with Crippen LogP contribution in [0, 0.1) is 11.8 Å². The van der Waals surface area contributed by atoms with Crippen molar-refractivity contribution in [1.82, 2.24) is 20.0 Å². The summed E-state index contributed by atoms with van der Waals surface area (Å²) >= 11 is 0. The van der Waals surface area contributed by atoms with Crippen LogP contribution >= 0.6 is 24.0 Å². The number of likely N-dealkylation sites (tertiary alicyclic amines) is 1. The summed E-state index contributed by atoms with van der Waals surface area (Å²) in [5.41, 5.74) is -0.155. The predicted octanol–water partition coefficient (Wildman–Crippen LogP) is 2.88. The van der Waals surface area contributed by atoms with E-state index in [-0.39, 0.29) is 35.9 Å². The fourth-order valence-corrected chi connectivity index (χ4v) is 4.02. The average Bonchev–Trinajstić information content (AvgIpc) is 3.33. The van der Waals surface area contributed by atoms with Gasteiger partial charge in [0, 0.05) is 51.9 Å². The number of alkyl halides is 3. The Morgan fingerprint density at radius 3 is 2.21 bits per heavy atom. The van der Waals surface area contributed by atoms with Crippen LogP contribution in [0.25, 0.3) is 0 Å². The van der Waals surface area contributed by atoms with Crippen molar-refractivity contribution < 1.29 is 18.0 Å². The van der Waals surface area contributed by atoms with Crippen molar-refractivity contribution in [1.29, 1.82) is 0 Å². The van der Waals surface area contributed by atoms with Crippen molar-refractivity contribution >= 4 is 35.8 Å². The van der Waals surface area contributed by atoms with E-state index in [1.807, 2.05) is 11.8 Å². The van der Waals surface area contributed by atoms with Crippen LogP contribution in [0.2, 0.25) is 0 Å². The number of carbonyl (C=O) groups excluding carboxylic acids is 1. The molecule has 3 rings (SSSR count). The lowest BCUT2D eigenvalue weighted by Gasteiger charge is -2.39. The Bertz CT molecular complexity index is 865. The van der Waals surface area contributed by atoms with Crippen molar-refractivity contribution in [2.24, 2.45) is 4.99 Å². The minimum absolute atomic E-state index is 0. The van der Waals surface area contributed by atoms with E-state index >= 15 is 0 Å². The fraction of sp³-hybridized carbons (Fsp3) is 0.565. The predicted molar refractivity (Wildman–Crippen MR) is 134 cm³/mol. The van der Waals surface area contributed by atoms with Crippen LogP contribution in [-0.4, -0.2) is 85.5 Å². The first-order valence-corrected chi connectivity index (χ1v) is 10.9. The van der Waals surface area contributed by atoms with E-state index in [2.05, 4.69) is 31.9 Å². The van der Waals surface area contributed by atoms with E-state index in [9.17, 15) is 18.0 Å². The molecule has 1 aromatic carbocycles. The highest BCUT2D eigenvalue weighted by Crippen LogP contribution is 2.28. The number of benzene rings is 1. The van der Waals surface area contributed by atoms with Crippen molar-refractivity contribution in [3.63, 3.8) is 0 Å². The molecule has 182 valence electrons. The standard InChI is InChI=1S/C23H30F3N5O.HI/c1-18(21(32)30-12-3-4-13-30)29-14-16-31(17-15-29)22(27-2)28-11-5-6-19-7-9-20(10-8-19)23(24,25)26;/h7-10,18H,3-4,11-17H2,1-2H3,(H,27,28);1H. The summed E-state index contributed by atoms with van der Waals surface area (Å²) in [6, 6.07) is 4.69. The lowest BCUT2D eigenvalue weighted by Crippen LogP contribution is -2.57. The summed E-state index contributed by atoms with van der Waals surface area (Å²) in [7, 11) is 1.71. The topological polar surface area (TPSA) is 51.2 Å². The van der Waals surface area contributed by atoms with Gasteiger partial charge in [-0.3, -0.25) is 14.7 Å². The molecule has 0 spiro atoms. The maximum Gasteiger partial charge on any atom is 0.416 e. The first-order valence-electron chi connectivity index (χ1n) is 10.9. The molecule has 0 saturated carbocycles. The molecule has 6 nitrogen and oxygen atoms in total. The zero-order valence-electron chi connectivity index (χ0n) is 19.0. The van der Waals surface area contributed by atoms with Crippen molar-refractivity contribution in [3.05, 3.63) is 35.4 Å². The Morgan fingerprint density at radius 2 is 1.67 bits per heavy atom. The van der Waals surface area contributed by atoms with Crippen molar-refractivity contribution in [2.75, 3.05) is 52.9 Å². The van der Waals surface area contributed by atoms with E-state index in [0.717, 1.165) is 70.2 Å². The Balaban J connectivity index is 0.00000385. The van der Waals surface area contributed by atoms with E-state index < -0.39 is 11.7 Å². The highest BCUT2D eigenvalue weighted by atomic mass is 127. The molecular weight excluding hydrogens is 546 g/mol. The number of hydrogen-bond donors (Lipinski definition) is 1. The number of rotatable bonds is 3. The van der Waals surface area contributed by atoms with Crippen LogP contribution in [-0.2, 0) is 11.0 Å². The van der Waals surface area contributed by atoms with Gasteiger partial charge < -0.3 is 15.1 Å². The molecule has 0 aliphatic carbocycles. The SMILES string of the molecule is CN=C(NCC#Cc1ccc(C(F)(F)F)cc1)N1CCN(C(C)C(=O)N2CCCC2)CC1.I. The first-order chi connectivity index (χ1) is 15.3. The van der Waals surface area contributed by atoms with Gasteiger partial charge in [0.1, 0.15) is 0 Å². The summed E-state index contributed by atoms with van der Waals surface area (Å²) in [5.74, 6) is 6.74. The molecule has 2 heterocycles. The molecule has 1 amide bonds. The number of aliphatic imine (C=N–C) groups is 1. The average molecular weight is 577 g/mol. The normalized spacial score (nSPS) is 18.3. The van der Waals surface area contributed by atoms with Gasteiger partial charge >= 0.3 is 6.18 Å². The minimum atomic E-state index is -4.34. The molecule has 1 atom stereocenters. The molecule has 2 aliphatic heterocycles. The molecule has 1 aromatic rings. The highest BCUT2D eigenvalue weighted by molar-refractivity contribution is 14.0. The number of hydrogen-bond acceptors (Lipinski definition) is 3. The Hall–Kier alpha value is -2.00. The summed E-state index contributed by atoms with van der Waals surface area (Å²) < 4.78 is 37.9. The van der Waals surface area contributed by atoms with E-state index in [0.29, 0.717) is 12.1 Å². The van der Waals surface area contributed by atoms with Crippen LogP contribution in [0.15, 0.2) is 29.3 Å². The number of nitrogens with one attached hydrogen (secondary N) is 1. The largest absolute Gasteiger partial charge is 0.416 e. The molecule has 0 bridgehead atoms. The zero-order valence-corrected chi connectivity index (χ0v) is 21.3. The molecule has 0 radical (unpaired) electrons. The van der Waals surface area contributed by atoms with E-state index in [4.69, 9.17) is 0 Å². The maximum atomic E-state index is 12.6. The third-order valence-electron chi connectivity index (χ3n) is 5.93. The molecule has 0 aromatic heterocycles. The van der Waals surface area contributed by atoms with Crippen LogP contribution < -0.4 is 5.32 Å². The van der Waals surface area contributed by atoms with Gasteiger partial charge in [-0.15, -0.1) is 24.0 Å². The van der Waals surface area contributed by atoms with E-state index in [1.54, 1.807) is 7.05 Å². The number of guanidine groups is 1. The lowest BCUT2D eigenvalue weighted by atomic mass is 10.1. The van der Waals surface area contributed by atoms with Crippen LogP contribution in [0.3, 0.4) is 0 Å². The molecule has 10 heteroatoms. The monoisotopic (exact) mass is 577 g/mol. The van der Waals surface area contributed by atoms with Gasteiger partial charge in [0.2, 0.25) is 5.91 Å². The van der Waals surface area contributed by atoms with Crippen molar-refractivity contribution in [2.45, 2.75) is 32.0 Å². The van der Waals surface area contributed by atoms with Crippen LogP contribution in [0.4, 0.5) is 13.2 Å². The minimum Gasteiger partial charge on any atom is -0.345 e. The molecule has 2 aliphatic rings. The van der Waals surface area contributed by atoms with Gasteiger partial charge in [0.25, 0.3) is 0 Å². The number of amides is 1. The number of carbonyl (C=O) groups is 1. The molecular formula is C23H31F3IN5O. The maximum absolute atomic E-state index is 12.6. The molecule has 2 fully saturated rings. The number of piperazine rings is 1. The van der Waals surface area contributed by atoms with Gasteiger partial charge in [-0.25, -0.2) is 0 Å². The Morgan fingerprint density at radius 1 is 1.06 bits per heavy atom. The molecule has 2 saturated heterocycles. The second kappa shape index (κ2) is 12.5. The van der Waals surface area contributed by atoms with Crippen LogP contribution in [0.5, 0.6) is 0 Å². The summed E-state index contributed by atoms with van der Waals surface area (Å²) in [5, 5.41) is 3.19. The Labute approximate surface area is 210 Å². The third kappa shape index (κ3) is 7.50. The lowest BCUT2D eigenvalue weighted by molar-refractivity contribution is -0.137. The van der Waals surface area contributed by atoms with Gasteiger partial charge in [-0.2, -0.15) is 13.2 Å². The summed E-state index contributed by atoms with van der Waals surface area (Å²) in [4.78, 5) is 23.3. The smallest absolute Gasteiger partial charge is 0.345 e. The second-order valence-electron chi connectivity index (χ2n) is 8.01. The summed E-state index contributed by atoms with van der Waals surface area (Å²) in [6.07, 6.45) is -2.16. The van der Waals surface area contributed by atoms with Crippen LogP contribution in [0.1, 0.15) is 30.9 Å². The molecule has 33 heavy (non-hydrogen) atoms. The molecule has 1 unspecified atom stereocenters. The first kappa shape index (κ1) is 27.2. The van der Waals surface area contributed by atoms with Crippen molar-refractivity contribution in [3.8, 4) is 11.8 Å². The van der Waals surface area contributed by atoms with Gasteiger partial charge in [0.05, 0.1) is 18.2 Å². The molecule has 1 N–H and O–H groups in total. The van der Waals surface area contributed by atoms with Gasteiger partial charge in [-0.05, 0) is 44.0 Å². The van der Waals surface area contributed by atoms with E-state index in [1.165, 1.54) is 12.1 Å².